The van der Waals surface area contributed by atoms with Gasteiger partial charge in [0.05, 0.1) is 28.2 Å². The number of carbonyl (C=O) groups is 3. The predicted molar refractivity (Wildman–Crippen MR) is 172 cm³/mol. The Morgan fingerprint density at radius 1 is 1.04 bits per heavy atom. The van der Waals surface area contributed by atoms with Gasteiger partial charge in [-0.15, -0.1) is 0 Å². The van der Waals surface area contributed by atoms with E-state index in [0.29, 0.717) is 10.6 Å². The molecule has 3 rings (SSSR count). The van der Waals surface area contributed by atoms with E-state index in [4.69, 9.17) is 39.6 Å². The Bertz CT molecular complexity index is 1560. The summed E-state index contributed by atoms with van der Waals surface area (Å²) in [5.41, 5.74) is -0.133. The molecule has 0 saturated carbocycles. The van der Waals surface area contributed by atoms with Crippen molar-refractivity contribution in [2.75, 3.05) is 19.0 Å². The summed E-state index contributed by atoms with van der Waals surface area (Å²) < 4.78 is 72.6. The highest BCUT2D eigenvalue weighted by molar-refractivity contribution is 7.91. The lowest BCUT2D eigenvalue weighted by atomic mass is 9.97. The van der Waals surface area contributed by atoms with Crippen LogP contribution in [-0.4, -0.2) is 75.9 Å². The van der Waals surface area contributed by atoms with Crippen molar-refractivity contribution in [2.24, 2.45) is 5.41 Å². The Morgan fingerprint density at radius 2 is 1.66 bits per heavy atom. The van der Waals surface area contributed by atoms with E-state index in [0.717, 1.165) is 0 Å². The van der Waals surface area contributed by atoms with Crippen LogP contribution < -0.4 is 9.84 Å². The molecule has 1 aliphatic heterocycles. The molecule has 0 aliphatic carbocycles. The van der Waals surface area contributed by atoms with Gasteiger partial charge in [0.2, 0.25) is 0 Å². The molecule has 1 amide bonds. The number of nitrogens with one attached hydrogen (secondary N) is 1. The number of halogens is 1. The Hall–Kier alpha value is -3.16. The molecule has 0 radical (unpaired) electrons. The average molecular weight is 718 g/mol. The van der Waals surface area contributed by atoms with Gasteiger partial charge in [0.25, 0.3) is 0 Å². The van der Waals surface area contributed by atoms with E-state index in [2.05, 4.69) is 5.32 Å². The maximum atomic E-state index is 13.6. The van der Waals surface area contributed by atoms with Crippen molar-refractivity contribution >= 4 is 47.1 Å². The fourth-order valence-corrected chi connectivity index (χ4v) is 7.29. The van der Waals surface area contributed by atoms with Gasteiger partial charge < -0.3 is 28.8 Å². The van der Waals surface area contributed by atoms with Crippen LogP contribution in [0.5, 0.6) is 5.75 Å². The smallest absolute Gasteiger partial charge is 0.407 e. The van der Waals surface area contributed by atoms with Crippen molar-refractivity contribution in [1.29, 1.82) is 0 Å². The van der Waals surface area contributed by atoms with Crippen LogP contribution in [0.15, 0.2) is 53.4 Å². The zero-order chi connectivity index (χ0) is 35.2. The van der Waals surface area contributed by atoms with E-state index in [1.54, 1.807) is 39.8 Å². The fourth-order valence-electron chi connectivity index (χ4n) is 4.48. The van der Waals surface area contributed by atoms with Gasteiger partial charge in [0.15, 0.2) is 9.84 Å². The molecule has 1 heterocycles. The molecule has 2 aromatic carbocycles. The Balaban J connectivity index is 1.73. The normalized spacial score (nSPS) is 21.6. The molecule has 260 valence electrons. The van der Waals surface area contributed by atoms with Gasteiger partial charge in [0, 0.05) is 18.6 Å². The van der Waals surface area contributed by atoms with Crippen molar-refractivity contribution in [2.45, 2.75) is 83.5 Å². The summed E-state index contributed by atoms with van der Waals surface area (Å²) in [6, 6.07) is 11.0. The summed E-state index contributed by atoms with van der Waals surface area (Å²) in [4.78, 5) is 36.6. The zero-order valence-electron chi connectivity index (χ0n) is 27.3. The molecule has 2 aromatic rings. The molecular formula is C31H41ClNO12PS. The lowest BCUT2D eigenvalue weighted by Crippen LogP contribution is -2.49. The average Bonchev–Trinajstić information content (AvgIpc) is 3.22. The summed E-state index contributed by atoms with van der Waals surface area (Å²) in [6.45, 7) is 10.4. The van der Waals surface area contributed by atoms with Gasteiger partial charge in [-0.05, 0) is 76.6 Å². The number of esters is 2. The maximum absolute atomic E-state index is 13.6. The number of amides is 1. The molecular weight excluding hydrogens is 677 g/mol. The van der Waals surface area contributed by atoms with Crippen molar-refractivity contribution in [3.05, 3.63) is 59.1 Å². The Labute approximate surface area is 280 Å². The van der Waals surface area contributed by atoms with Crippen LogP contribution >= 0.6 is 19.2 Å². The van der Waals surface area contributed by atoms with Crippen molar-refractivity contribution in [1.82, 2.24) is 5.32 Å². The largest absolute Gasteiger partial charge is 0.462 e. The minimum atomic E-state index is -3.91. The number of sulfone groups is 1. The molecule has 1 saturated heterocycles. The lowest BCUT2D eigenvalue weighted by molar-refractivity contribution is -0.158. The van der Waals surface area contributed by atoms with Crippen molar-refractivity contribution in [3.8, 4) is 5.75 Å². The summed E-state index contributed by atoms with van der Waals surface area (Å²) in [5, 5.41) is 3.00. The number of carbonyl (C=O) groups excluding carboxylic acids is 3. The van der Waals surface area contributed by atoms with Gasteiger partial charge in [-0.2, -0.15) is 0 Å². The van der Waals surface area contributed by atoms with Gasteiger partial charge in [-0.25, -0.2) is 17.8 Å². The third-order valence-electron chi connectivity index (χ3n) is 6.78. The van der Waals surface area contributed by atoms with Crippen LogP contribution in [0.1, 0.15) is 47.1 Å². The van der Waals surface area contributed by atoms with E-state index in [1.165, 1.54) is 56.9 Å². The zero-order valence-corrected chi connectivity index (χ0v) is 29.7. The van der Waals surface area contributed by atoms with Gasteiger partial charge in [0.1, 0.15) is 37.3 Å². The Morgan fingerprint density at radius 3 is 2.23 bits per heavy atom. The molecule has 47 heavy (non-hydrogen) atoms. The number of rotatable bonds is 13. The molecule has 1 aliphatic rings. The van der Waals surface area contributed by atoms with Crippen LogP contribution in [0.2, 0.25) is 5.02 Å². The topological polar surface area (TPSA) is 170 Å². The highest BCUT2D eigenvalue weighted by atomic mass is 35.5. The van der Waals surface area contributed by atoms with Crippen molar-refractivity contribution < 1.29 is 55.4 Å². The van der Waals surface area contributed by atoms with E-state index in [1.807, 2.05) is 0 Å². The lowest BCUT2D eigenvalue weighted by Gasteiger charge is -2.28. The first-order valence-electron chi connectivity index (χ1n) is 14.7. The van der Waals surface area contributed by atoms with Crippen LogP contribution in [-0.2, 0) is 54.1 Å². The number of benzene rings is 2. The van der Waals surface area contributed by atoms with Crippen LogP contribution in [0.4, 0.5) is 4.79 Å². The minimum Gasteiger partial charge on any atom is -0.462 e. The maximum Gasteiger partial charge on any atom is 0.407 e. The molecule has 4 unspecified atom stereocenters. The second kappa shape index (κ2) is 15.8. The molecule has 6 atom stereocenters. The van der Waals surface area contributed by atoms with Crippen molar-refractivity contribution in [3.63, 3.8) is 0 Å². The summed E-state index contributed by atoms with van der Waals surface area (Å²) in [7, 11) is -7.72. The number of ether oxygens (including phenoxy) is 4. The second-order valence-electron chi connectivity index (χ2n) is 12.2. The van der Waals surface area contributed by atoms with Gasteiger partial charge >= 0.3 is 25.6 Å². The molecule has 16 heteroatoms. The molecule has 0 aromatic heterocycles. The first-order chi connectivity index (χ1) is 21.8. The predicted octanol–water partition coefficient (Wildman–Crippen LogP) is 5.32. The molecule has 0 spiro atoms. The summed E-state index contributed by atoms with van der Waals surface area (Å²) in [6.07, 6.45) is -4.87. The van der Waals surface area contributed by atoms with E-state index in [9.17, 15) is 27.4 Å². The standard InChI is InChI=1S/C31H41ClNO12PS/c1-19(18-47(38,39)25-14-10-23(32)11-15-25)42-30(36)33-27-20(2)43-26(17-41-29(35)31(4,5)6)28(27)45-46(7,37)44-24-12-8-22(9-13-24)16-40-21(3)34/h8-15,19-20,26-28H,16-18H2,1-7H3,(H,33,36)/t19?,20-,26+,27?,28?,46?/m0/s1. The monoisotopic (exact) mass is 717 g/mol. The third-order valence-corrected chi connectivity index (χ3v) is 10.1. The molecule has 0 bridgehead atoms. The highest BCUT2D eigenvalue weighted by Crippen LogP contribution is 2.48. The van der Waals surface area contributed by atoms with E-state index < -0.39 is 77.1 Å². The van der Waals surface area contributed by atoms with E-state index in [-0.39, 0.29) is 23.9 Å². The van der Waals surface area contributed by atoms with Gasteiger partial charge in [-0.1, -0.05) is 23.7 Å². The fraction of sp³-hybridized carbons (Fsp3) is 0.516. The number of hydrogen-bond donors (Lipinski definition) is 1. The van der Waals surface area contributed by atoms with Crippen LogP contribution in [0.3, 0.4) is 0 Å². The second-order valence-corrected chi connectivity index (χ2v) is 16.6. The summed E-state index contributed by atoms with van der Waals surface area (Å²) >= 11 is 5.86. The third kappa shape index (κ3) is 11.8. The number of alkyl carbamates (subject to hydrolysis) is 1. The summed E-state index contributed by atoms with van der Waals surface area (Å²) in [5.74, 6) is -1.24. The quantitative estimate of drug-likeness (QED) is 0.161. The van der Waals surface area contributed by atoms with Gasteiger partial charge in [-0.3, -0.25) is 14.1 Å². The Kier molecular flexibility index (Phi) is 12.9. The SMILES string of the molecule is CC(=O)OCc1ccc(OP(C)(=O)OC2C(NC(=O)OC(C)CS(=O)(=O)c3ccc(Cl)cc3)[C@H](C)O[C@@H]2COC(=O)C(C)(C)C)cc1. The van der Waals surface area contributed by atoms with Crippen LogP contribution in [0, 0.1) is 5.41 Å². The minimum absolute atomic E-state index is 0.0226. The van der Waals surface area contributed by atoms with E-state index >= 15 is 0 Å². The molecule has 1 N–H and O–H groups in total. The van der Waals surface area contributed by atoms with Crippen LogP contribution in [0.25, 0.3) is 0 Å². The number of hydrogen-bond acceptors (Lipinski definition) is 12. The molecule has 13 nitrogen and oxygen atoms in total. The first-order valence-corrected chi connectivity index (χ1v) is 18.7. The first kappa shape index (κ1) is 38.3. The molecule has 1 fully saturated rings. The highest BCUT2D eigenvalue weighted by Gasteiger charge is 2.48.